The van der Waals surface area contributed by atoms with E-state index in [1.165, 1.54) is 0 Å². The molecule has 0 spiro atoms. The molecule has 1 N–H and O–H groups in total. The lowest BCUT2D eigenvalue weighted by molar-refractivity contribution is 0.150. The van der Waals surface area contributed by atoms with Crippen LogP contribution in [0.15, 0.2) is 47.1 Å². The van der Waals surface area contributed by atoms with Crippen LogP contribution in [0.1, 0.15) is 16.9 Å². The summed E-state index contributed by atoms with van der Waals surface area (Å²) in [5.74, 6) is 0.587. The normalized spacial score (nSPS) is 13.0. The number of furan rings is 1. The van der Waals surface area contributed by atoms with Crippen LogP contribution in [0.4, 0.5) is 0 Å². The number of aliphatic hydroxyl groups is 1. The molecule has 0 fully saturated rings. The predicted octanol–water partition coefficient (Wildman–Crippen LogP) is 3.17. The molecule has 0 aliphatic heterocycles. The number of hydrogen-bond acceptors (Lipinski definition) is 4. The van der Waals surface area contributed by atoms with E-state index in [4.69, 9.17) is 4.42 Å². The van der Waals surface area contributed by atoms with Gasteiger partial charge >= 0.3 is 0 Å². The molecule has 1 atom stereocenters. The molecule has 1 unspecified atom stereocenters. The average Bonchev–Trinajstić information content (AvgIpc) is 2.97. The van der Waals surface area contributed by atoms with Gasteiger partial charge in [-0.3, -0.25) is 0 Å². The number of benzene rings is 1. The third-order valence-corrected chi connectivity index (χ3v) is 3.64. The molecule has 0 radical (unpaired) electrons. The highest BCUT2D eigenvalue weighted by Gasteiger charge is 2.14. The maximum atomic E-state index is 9.96. The second-order valence-corrected chi connectivity index (χ2v) is 4.93. The number of hydrogen-bond donors (Lipinski definition) is 1. The smallest absolute Gasteiger partial charge is 0.132 e. The second-order valence-electron chi connectivity index (χ2n) is 3.81. The fourth-order valence-corrected chi connectivity index (χ4v) is 2.76. The lowest BCUT2D eigenvalue weighted by Gasteiger charge is -2.03. The zero-order valence-corrected chi connectivity index (χ0v) is 9.85. The number of aromatic nitrogens is 1. The number of para-hydroxylation sites is 1. The Morgan fingerprint density at radius 3 is 2.88 bits per heavy atom. The van der Waals surface area contributed by atoms with Gasteiger partial charge in [-0.15, -0.1) is 11.3 Å². The van der Waals surface area contributed by atoms with Crippen molar-refractivity contribution in [2.45, 2.75) is 12.5 Å². The highest BCUT2D eigenvalue weighted by molar-refractivity contribution is 7.18. The third-order valence-electron chi connectivity index (χ3n) is 2.58. The van der Waals surface area contributed by atoms with Crippen LogP contribution >= 0.6 is 11.3 Å². The maximum absolute atomic E-state index is 9.96. The van der Waals surface area contributed by atoms with Gasteiger partial charge < -0.3 is 9.52 Å². The summed E-state index contributed by atoms with van der Waals surface area (Å²) in [5, 5.41) is 10.9. The van der Waals surface area contributed by atoms with E-state index in [2.05, 4.69) is 4.98 Å². The first kappa shape index (κ1) is 10.5. The first-order valence-corrected chi connectivity index (χ1v) is 6.20. The van der Waals surface area contributed by atoms with Crippen LogP contribution in [0.2, 0.25) is 0 Å². The molecule has 3 rings (SSSR count). The van der Waals surface area contributed by atoms with Gasteiger partial charge in [0.15, 0.2) is 0 Å². The van der Waals surface area contributed by atoms with Gasteiger partial charge in [-0.1, -0.05) is 12.1 Å². The van der Waals surface area contributed by atoms with E-state index < -0.39 is 6.10 Å². The van der Waals surface area contributed by atoms with Crippen molar-refractivity contribution in [3.63, 3.8) is 0 Å². The summed E-state index contributed by atoms with van der Waals surface area (Å²) in [6.07, 6.45) is 1.44. The topological polar surface area (TPSA) is 46.3 Å². The molecule has 0 aliphatic carbocycles. The van der Waals surface area contributed by atoms with Gasteiger partial charge in [0.05, 0.1) is 21.5 Å². The summed E-state index contributed by atoms with van der Waals surface area (Å²) in [6.45, 7) is 0. The monoisotopic (exact) mass is 245 g/mol. The number of fused-ring (bicyclic) bond motifs is 1. The molecule has 1 aromatic carbocycles. The minimum Gasteiger partial charge on any atom is -0.467 e. The predicted molar refractivity (Wildman–Crippen MR) is 67.0 cm³/mol. The Bertz CT molecular complexity index is 582. The molecule has 0 saturated heterocycles. The number of rotatable bonds is 3. The molecule has 17 heavy (non-hydrogen) atoms. The van der Waals surface area contributed by atoms with Gasteiger partial charge in [0, 0.05) is 6.42 Å². The fourth-order valence-electron chi connectivity index (χ4n) is 1.75. The lowest BCUT2D eigenvalue weighted by atomic mass is 10.2. The summed E-state index contributed by atoms with van der Waals surface area (Å²) in [5.41, 5.74) is 0.985. The Hall–Kier alpha value is -1.65. The molecule has 86 valence electrons. The molecule has 0 saturated carbocycles. The van der Waals surface area contributed by atoms with Crippen LogP contribution in [0.25, 0.3) is 10.2 Å². The van der Waals surface area contributed by atoms with Gasteiger partial charge in [-0.05, 0) is 24.3 Å². The van der Waals surface area contributed by atoms with Gasteiger partial charge in [-0.2, -0.15) is 0 Å². The summed E-state index contributed by atoms with van der Waals surface area (Å²) >= 11 is 1.61. The zero-order valence-electron chi connectivity index (χ0n) is 9.04. The van der Waals surface area contributed by atoms with E-state index in [1.807, 2.05) is 24.3 Å². The Morgan fingerprint density at radius 1 is 1.24 bits per heavy atom. The van der Waals surface area contributed by atoms with Crippen LogP contribution in [-0.4, -0.2) is 10.1 Å². The number of thiazole rings is 1. The summed E-state index contributed by atoms with van der Waals surface area (Å²) in [7, 11) is 0. The molecular formula is C13H11NO2S. The second kappa shape index (κ2) is 4.31. The maximum Gasteiger partial charge on any atom is 0.132 e. The summed E-state index contributed by atoms with van der Waals surface area (Å²) in [6, 6.07) is 11.5. The van der Waals surface area contributed by atoms with E-state index in [-0.39, 0.29) is 0 Å². The summed E-state index contributed by atoms with van der Waals surface area (Å²) < 4.78 is 6.32. The van der Waals surface area contributed by atoms with Crippen molar-refractivity contribution < 1.29 is 9.52 Å². The minimum atomic E-state index is -0.620. The van der Waals surface area contributed by atoms with Crippen molar-refractivity contribution >= 4 is 21.6 Å². The average molecular weight is 245 g/mol. The van der Waals surface area contributed by atoms with Crippen molar-refractivity contribution in [2.75, 3.05) is 0 Å². The van der Waals surface area contributed by atoms with Crippen molar-refractivity contribution in [3.05, 3.63) is 53.4 Å². The Kier molecular flexibility index (Phi) is 2.66. The van der Waals surface area contributed by atoms with Crippen LogP contribution in [-0.2, 0) is 6.42 Å². The highest BCUT2D eigenvalue weighted by Crippen LogP contribution is 2.26. The van der Waals surface area contributed by atoms with Crippen molar-refractivity contribution in [2.24, 2.45) is 0 Å². The van der Waals surface area contributed by atoms with E-state index in [0.717, 1.165) is 15.2 Å². The molecule has 0 amide bonds. The standard InChI is InChI=1S/C13H11NO2S/c15-10(11-5-3-7-16-11)8-13-14-9-4-1-2-6-12(9)17-13/h1-7,10,15H,8H2. The SMILES string of the molecule is OC(Cc1nc2ccccc2s1)c1ccco1. The lowest BCUT2D eigenvalue weighted by Crippen LogP contribution is -1.99. The molecule has 3 nitrogen and oxygen atoms in total. The minimum absolute atomic E-state index is 0.493. The van der Waals surface area contributed by atoms with E-state index >= 15 is 0 Å². The molecule has 0 bridgehead atoms. The Labute approximate surface area is 102 Å². The molecular weight excluding hydrogens is 234 g/mol. The third kappa shape index (κ3) is 2.09. The first-order chi connectivity index (χ1) is 8.33. The van der Waals surface area contributed by atoms with Crippen molar-refractivity contribution in [1.82, 2.24) is 4.98 Å². The Morgan fingerprint density at radius 2 is 2.12 bits per heavy atom. The fraction of sp³-hybridized carbons (Fsp3) is 0.154. The largest absolute Gasteiger partial charge is 0.467 e. The van der Waals surface area contributed by atoms with Gasteiger partial charge in [0.25, 0.3) is 0 Å². The van der Waals surface area contributed by atoms with Gasteiger partial charge in [-0.25, -0.2) is 4.98 Å². The van der Waals surface area contributed by atoms with Crippen LogP contribution < -0.4 is 0 Å². The van der Waals surface area contributed by atoms with E-state index in [9.17, 15) is 5.11 Å². The van der Waals surface area contributed by atoms with Gasteiger partial charge in [0.1, 0.15) is 11.9 Å². The highest BCUT2D eigenvalue weighted by atomic mass is 32.1. The van der Waals surface area contributed by atoms with E-state index in [0.29, 0.717) is 12.2 Å². The quantitative estimate of drug-likeness (QED) is 0.771. The Balaban J connectivity index is 1.85. The molecule has 4 heteroatoms. The van der Waals surface area contributed by atoms with Crippen molar-refractivity contribution in [3.8, 4) is 0 Å². The van der Waals surface area contributed by atoms with Crippen LogP contribution in [0.3, 0.4) is 0 Å². The molecule has 2 aromatic heterocycles. The van der Waals surface area contributed by atoms with Crippen molar-refractivity contribution in [1.29, 1.82) is 0 Å². The molecule has 0 aliphatic rings. The first-order valence-electron chi connectivity index (χ1n) is 5.39. The summed E-state index contributed by atoms with van der Waals surface area (Å²) in [4.78, 5) is 4.48. The van der Waals surface area contributed by atoms with Crippen LogP contribution in [0.5, 0.6) is 0 Å². The molecule has 3 aromatic rings. The molecule has 2 heterocycles. The number of aliphatic hydroxyl groups excluding tert-OH is 1. The van der Waals surface area contributed by atoms with E-state index in [1.54, 1.807) is 29.7 Å². The zero-order chi connectivity index (χ0) is 11.7. The number of nitrogens with zero attached hydrogens (tertiary/aromatic N) is 1. The van der Waals surface area contributed by atoms with Crippen LogP contribution in [0, 0.1) is 0 Å². The van der Waals surface area contributed by atoms with Gasteiger partial charge in [0.2, 0.25) is 0 Å².